The van der Waals surface area contributed by atoms with Crippen molar-refractivity contribution in [1.82, 2.24) is 25.7 Å². The lowest BCUT2D eigenvalue weighted by molar-refractivity contribution is 0.301. The van der Waals surface area contributed by atoms with Crippen LogP contribution in [0, 0.1) is 0 Å². The summed E-state index contributed by atoms with van der Waals surface area (Å²) in [7, 11) is 0. The molecule has 28 heavy (non-hydrogen) atoms. The number of nitrogens with one attached hydrogen (secondary N) is 2. The number of hydrogen-bond acceptors (Lipinski definition) is 7. The lowest BCUT2D eigenvalue weighted by atomic mass is 10.1. The molecule has 0 saturated heterocycles. The Hall–Kier alpha value is -3.26. The number of benzene rings is 2. The van der Waals surface area contributed by atoms with Crippen LogP contribution in [-0.2, 0) is 6.61 Å². The minimum atomic E-state index is 0.387. The lowest BCUT2D eigenvalue weighted by Gasteiger charge is -2.14. The Kier molecular flexibility index (Phi) is 4.46. The van der Waals surface area contributed by atoms with Crippen molar-refractivity contribution in [2.24, 2.45) is 4.99 Å². The van der Waals surface area contributed by atoms with Crippen molar-refractivity contribution in [3.63, 3.8) is 0 Å². The Labute approximate surface area is 165 Å². The molecular formula is C20H18N6OS. The number of H-pyrrole nitrogens is 1. The fourth-order valence-electron chi connectivity index (χ4n) is 3.07. The van der Waals surface area contributed by atoms with Crippen molar-refractivity contribution in [2.75, 3.05) is 13.1 Å². The van der Waals surface area contributed by atoms with Crippen LogP contribution in [0.2, 0.25) is 0 Å². The topological polar surface area (TPSA) is 88.1 Å². The zero-order valence-electron chi connectivity index (χ0n) is 15.1. The summed E-state index contributed by atoms with van der Waals surface area (Å²) < 4.78 is 6.88. The van der Waals surface area contributed by atoms with Gasteiger partial charge < -0.3 is 10.1 Å². The summed E-state index contributed by atoms with van der Waals surface area (Å²) >= 11 is 1.69. The molecule has 1 aliphatic heterocycles. The Bertz CT molecular complexity index is 1120. The maximum atomic E-state index is 5.72. The molecule has 2 aromatic heterocycles. The normalized spacial score (nSPS) is 13.9. The van der Waals surface area contributed by atoms with Gasteiger partial charge in [-0.1, -0.05) is 0 Å². The van der Waals surface area contributed by atoms with Crippen LogP contribution in [0.5, 0.6) is 5.75 Å². The van der Waals surface area contributed by atoms with Crippen molar-refractivity contribution < 1.29 is 4.74 Å². The fourth-order valence-corrected chi connectivity index (χ4v) is 4.08. The summed E-state index contributed by atoms with van der Waals surface area (Å²) in [6.07, 6.45) is 2.74. The van der Waals surface area contributed by atoms with Crippen molar-refractivity contribution in [3.05, 3.63) is 59.9 Å². The quantitative estimate of drug-likeness (QED) is 0.545. The number of rotatable bonds is 5. The van der Waals surface area contributed by atoms with Crippen molar-refractivity contribution in [3.8, 4) is 16.3 Å². The highest BCUT2D eigenvalue weighted by molar-refractivity contribution is 7.21. The minimum Gasteiger partial charge on any atom is -0.487 e. The Morgan fingerprint density at radius 3 is 2.75 bits per heavy atom. The Balaban J connectivity index is 1.36. The molecule has 0 spiro atoms. The zero-order chi connectivity index (χ0) is 18.8. The molecule has 3 heterocycles. The van der Waals surface area contributed by atoms with Gasteiger partial charge in [-0.05, 0) is 48.9 Å². The third-order valence-corrected chi connectivity index (χ3v) is 5.58. The van der Waals surface area contributed by atoms with Crippen LogP contribution in [0.4, 0.5) is 0 Å². The van der Waals surface area contributed by atoms with E-state index in [2.05, 4.69) is 43.9 Å². The summed E-state index contributed by atoms with van der Waals surface area (Å²) in [5.74, 6) is 1.77. The lowest BCUT2D eigenvalue weighted by Crippen LogP contribution is -2.30. The van der Waals surface area contributed by atoms with Crippen molar-refractivity contribution >= 4 is 27.4 Å². The fraction of sp³-hybridized carbons (Fsp3) is 0.200. The van der Waals surface area contributed by atoms with Crippen LogP contribution in [0.25, 0.3) is 20.8 Å². The van der Waals surface area contributed by atoms with Crippen molar-refractivity contribution in [2.45, 2.75) is 13.0 Å². The van der Waals surface area contributed by atoms with Crippen LogP contribution >= 0.6 is 11.3 Å². The van der Waals surface area contributed by atoms with Crippen LogP contribution in [0.3, 0.4) is 0 Å². The molecular weight excluding hydrogens is 372 g/mol. The van der Waals surface area contributed by atoms with Crippen LogP contribution in [-0.4, -0.2) is 39.3 Å². The highest BCUT2D eigenvalue weighted by Gasteiger charge is 2.11. The van der Waals surface area contributed by atoms with Gasteiger partial charge in [-0.15, -0.1) is 11.3 Å². The molecule has 2 aromatic carbocycles. The van der Waals surface area contributed by atoms with E-state index in [0.717, 1.165) is 63.1 Å². The van der Waals surface area contributed by atoms with E-state index in [1.54, 1.807) is 17.5 Å². The average molecular weight is 390 g/mol. The summed E-state index contributed by atoms with van der Waals surface area (Å²) in [6, 6.07) is 14.3. The number of ether oxygens (including phenoxy) is 1. The highest BCUT2D eigenvalue weighted by Crippen LogP contribution is 2.32. The van der Waals surface area contributed by atoms with Crippen molar-refractivity contribution in [1.29, 1.82) is 0 Å². The molecule has 0 bridgehead atoms. The first-order valence-electron chi connectivity index (χ1n) is 9.12. The SMILES string of the molecule is c1cc(-c2nc3ccc(C4=NCCCN4)cc3s2)ccc1OCc1cn[nH]n1. The number of hydrogen-bond donors (Lipinski definition) is 2. The second kappa shape index (κ2) is 7.40. The first kappa shape index (κ1) is 16.9. The molecule has 140 valence electrons. The van der Waals surface area contributed by atoms with E-state index in [1.165, 1.54) is 0 Å². The maximum absolute atomic E-state index is 5.72. The number of aliphatic imine (C=N–C) groups is 1. The summed E-state index contributed by atoms with van der Waals surface area (Å²) in [5.41, 5.74) is 3.97. The van der Waals surface area contributed by atoms with Crippen LogP contribution in [0.1, 0.15) is 17.7 Å². The summed E-state index contributed by atoms with van der Waals surface area (Å²) in [4.78, 5) is 9.36. The monoisotopic (exact) mass is 390 g/mol. The van der Waals surface area contributed by atoms with E-state index in [4.69, 9.17) is 9.72 Å². The molecule has 0 aliphatic carbocycles. The first-order valence-corrected chi connectivity index (χ1v) is 9.94. The summed E-state index contributed by atoms with van der Waals surface area (Å²) in [5, 5.41) is 14.7. The molecule has 8 heteroatoms. The number of fused-ring (bicyclic) bond motifs is 1. The zero-order valence-corrected chi connectivity index (χ0v) is 15.9. The van der Waals surface area contributed by atoms with E-state index in [9.17, 15) is 0 Å². The predicted octanol–water partition coefficient (Wildman–Crippen LogP) is 3.40. The number of aromatic amines is 1. The molecule has 0 fully saturated rings. The number of aromatic nitrogens is 4. The highest BCUT2D eigenvalue weighted by atomic mass is 32.1. The van der Waals surface area contributed by atoms with Gasteiger partial charge in [0.05, 0.1) is 16.4 Å². The number of amidine groups is 1. The number of nitrogens with zero attached hydrogens (tertiary/aromatic N) is 4. The molecule has 2 N–H and O–H groups in total. The van der Waals surface area contributed by atoms with E-state index >= 15 is 0 Å². The van der Waals surface area contributed by atoms with E-state index in [0.29, 0.717) is 6.61 Å². The van der Waals surface area contributed by atoms with Gasteiger partial charge in [0.2, 0.25) is 0 Å². The minimum absolute atomic E-state index is 0.387. The second-order valence-electron chi connectivity index (χ2n) is 6.49. The summed E-state index contributed by atoms with van der Waals surface area (Å²) in [6.45, 7) is 2.26. The second-order valence-corrected chi connectivity index (χ2v) is 7.52. The molecule has 5 rings (SSSR count). The third-order valence-electron chi connectivity index (χ3n) is 4.51. The standard InChI is InChI=1S/C20H18N6OS/c1-8-21-19(22-9-1)14-4-7-17-18(10-14)28-20(24-17)13-2-5-16(6-3-13)27-12-15-11-23-26-25-15/h2-7,10-11H,1,8-9,12H2,(H,21,22)(H,23,25,26). The Morgan fingerprint density at radius 2 is 1.96 bits per heavy atom. The molecule has 0 amide bonds. The average Bonchev–Trinajstić information content (AvgIpc) is 3.42. The van der Waals surface area contributed by atoms with Gasteiger partial charge in [0.25, 0.3) is 0 Å². The smallest absolute Gasteiger partial charge is 0.134 e. The molecule has 0 saturated carbocycles. The van der Waals surface area contributed by atoms with E-state index < -0.39 is 0 Å². The van der Waals surface area contributed by atoms with Gasteiger partial charge in [0, 0.05) is 24.2 Å². The predicted molar refractivity (Wildman–Crippen MR) is 110 cm³/mol. The van der Waals surface area contributed by atoms with Gasteiger partial charge in [-0.2, -0.15) is 15.4 Å². The number of thiazole rings is 1. The third kappa shape index (κ3) is 3.46. The molecule has 4 aromatic rings. The van der Waals surface area contributed by atoms with Gasteiger partial charge in [0.15, 0.2) is 0 Å². The van der Waals surface area contributed by atoms with Gasteiger partial charge >= 0.3 is 0 Å². The Morgan fingerprint density at radius 1 is 1.07 bits per heavy atom. The van der Waals surface area contributed by atoms with Gasteiger partial charge in [0.1, 0.15) is 28.9 Å². The van der Waals surface area contributed by atoms with Crippen LogP contribution < -0.4 is 10.1 Å². The van der Waals surface area contributed by atoms with Gasteiger partial charge in [-0.25, -0.2) is 4.98 Å². The first-order chi connectivity index (χ1) is 13.8. The van der Waals surface area contributed by atoms with Gasteiger partial charge in [-0.3, -0.25) is 4.99 Å². The maximum Gasteiger partial charge on any atom is 0.134 e. The molecule has 1 aliphatic rings. The largest absolute Gasteiger partial charge is 0.487 e. The molecule has 7 nitrogen and oxygen atoms in total. The van der Waals surface area contributed by atoms with E-state index in [1.807, 2.05) is 24.3 Å². The molecule has 0 atom stereocenters. The molecule has 0 radical (unpaired) electrons. The van der Waals surface area contributed by atoms with E-state index in [-0.39, 0.29) is 0 Å². The van der Waals surface area contributed by atoms with Crippen LogP contribution in [0.15, 0.2) is 53.7 Å². The molecule has 0 unspecified atom stereocenters.